The molecule has 0 atom stereocenters. The fourth-order valence-electron chi connectivity index (χ4n) is 2.93. The Hall–Kier alpha value is -3.29. The molecular formula is C18H17FN4O3. The van der Waals surface area contributed by atoms with Crippen LogP contribution in [-0.2, 0) is 6.54 Å². The average Bonchev–Trinajstić information content (AvgIpc) is 3.15. The summed E-state index contributed by atoms with van der Waals surface area (Å²) in [4.78, 5) is 22.8. The average molecular weight is 356 g/mol. The van der Waals surface area contributed by atoms with Gasteiger partial charge in [-0.05, 0) is 44.5 Å². The summed E-state index contributed by atoms with van der Waals surface area (Å²) in [7, 11) is 0. The Bertz CT molecular complexity index is 1020. The topological polar surface area (TPSA) is 83.0 Å². The molecule has 0 aliphatic heterocycles. The predicted molar refractivity (Wildman–Crippen MR) is 93.1 cm³/mol. The minimum absolute atomic E-state index is 0.111. The lowest BCUT2D eigenvalue weighted by Gasteiger charge is -2.11. The first-order valence-electron chi connectivity index (χ1n) is 7.93. The molecule has 134 valence electrons. The van der Waals surface area contributed by atoms with Crippen molar-refractivity contribution in [3.05, 3.63) is 75.1 Å². The Morgan fingerprint density at radius 3 is 2.62 bits per heavy atom. The molecule has 0 saturated carbocycles. The highest BCUT2D eigenvalue weighted by Crippen LogP contribution is 2.23. The van der Waals surface area contributed by atoms with E-state index in [1.807, 2.05) is 6.92 Å². The Morgan fingerprint density at radius 2 is 2.00 bits per heavy atom. The van der Waals surface area contributed by atoms with Gasteiger partial charge < -0.3 is 4.57 Å². The summed E-state index contributed by atoms with van der Waals surface area (Å²) in [6, 6.07) is 6.64. The number of carbonyl (C=O) groups excluding carboxylic acids is 1. The summed E-state index contributed by atoms with van der Waals surface area (Å²) in [6.45, 7) is 5.19. The second-order valence-electron chi connectivity index (χ2n) is 6.13. The van der Waals surface area contributed by atoms with E-state index in [2.05, 4.69) is 5.10 Å². The molecule has 0 amide bonds. The molecule has 0 unspecified atom stereocenters. The number of aromatic nitrogens is 3. The third kappa shape index (κ3) is 3.13. The van der Waals surface area contributed by atoms with Crippen LogP contribution in [0.5, 0.6) is 0 Å². The van der Waals surface area contributed by atoms with Crippen molar-refractivity contribution in [2.45, 2.75) is 27.3 Å². The summed E-state index contributed by atoms with van der Waals surface area (Å²) < 4.78 is 16.9. The van der Waals surface area contributed by atoms with E-state index in [0.29, 0.717) is 22.5 Å². The lowest BCUT2D eigenvalue weighted by atomic mass is 10.1. The zero-order valence-corrected chi connectivity index (χ0v) is 14.6. The molecule has 3 rings (SSSR count). The second-order valence-corrected chi connectivity index (χ2v) is 6.13. The van der Waals surface area contributed by atoms with Crippen molar-refractivity contribution < 1.29 is 14.1 Å². The van der Waals surface area contributed by atoms with Gasteiger partial charge in [-0.25, -0.2) is 4.39 Å². The summed E-state index contributed by atoms with van der Waals surface area (Å²) in [5.41, 5.74) is 2.96. The Balaban J connectivity index is 1.92. The number of nitrogens with zero attached hydrogens (tertiary/aromatic N) is 4. The molecule has 7 nitrogen and oxygen atoms in total. The quantitative estimate of drug-likeness (QED) is 0.398. The number of aryl methyl sites for hydroxylation is 2. The van der Waals surface area contributed by atoms with Crippen LogP contribution < -0.4 is 0 Å². The summed E-state index contributed by atoms with van der Waals surface area (Å²) in [5.74, 6) is -0.540. The van der Waals surface area contributed by atoms with Crippen molar-refractivity contribution in [2.75, 3.05) is 0 Å². The number of halogens is 1. The molecule has 8 heteroatoms. The van der Waals surface area contributed by atoms with Crippen molar-refractivity contribution in [2.24, 2.45) is 0 Å². The zero-order chi connectivity index (χ0) is 19.0. The van der Waals surface area contributed by atoms with E-state index in [1.54, 1.807) is 36.6 Å². The highest BCUT2D eigenvalue weighted by atomic mass is 19.1. The van der Waals surface area contributed by atoms with Crippen LogP contribution in [0.3, 0.4) is 0 Å². The molecule has 0 saturated heterocycles. The Labute approximate surface area is 148 Å². The molecule has 0 N–H and O–H groups in total. The number of benzene rings is 1. The van der Waals surface area contributed by atoms with Gasteiger partial charge in [0.25, 0.3) is 0 Å². The van der Waals surface area contributed by atoms with Crippen LogP contribution in [0.1, 0.15) is 27.3 Å². The van der Waals surface area contributed by atoms with Crippen LogP contribution in [0.25, 0.3) is 5.69 Å². The highest BCUT2D eigenvalue weighted by Gasteiger charge is 2.19. The SMILES string of the molecule is Cc1ccc(-n2c(C)cc(C(=O)Cn3cc([N+](=O)[O-])cn3)c2C)cc1F. The normalized spacial score (nSPS) is 10.9. The van der Waals surface area contributed by atoms with Gasteiger partial charge in [0.15, 0.2) is 5.78 Å². The third-order valence-electron chi connectivity index (χ3n) is 4.28. The molecule has 2 heterocycles. The van der Waals surface area contributed by atoms with E-state index in [0.717, 1.165) is 11.9 Å². The number of ketones is 1. The van der Waals surface area contributed by atoms with E-state index in [4.69, 9.17) is 0 Å². The number of carbonyl (C=O) groups is 1. The fraction of sp³-hybridized carbons (Fsp3) is 0.222. The van der Waals surface area contributed by atoms with Gasteiger partial charge in [0.1, 0.15) is 24.8 Å². The highest BCUT2D eigenvalue weighted by molar-refractivity contribution is 5.97. The fourth-order valence-corrected chi connectivity index (χ4v) is 2.93. The first kappa shape index (κ1) is 17.5. The number of rotatable bonds is 5. The standard InChI is InChI=1S/C18H17FN4O3/c1-11-4-5-14(7-17(11)19)22-12(2)6-16(13(22)3)18(24)10-21-9-15(8-20-21)23(25)26/h4-9H,10H2,1-3H3. The molecule has 3 aromatic rings. The van der Waals surface area contributed by atoms with Gasteiger partial charge in [0.2, 0.25) is 0 Å². The van der Waals surface area contributed by atoms with Crippen LogP contribution in [0.15, 0.2) is 36.7 Å². The van der Waals surface area contributed by atoms with Crippen LogP contribution in [0.4, 0.5) is 10.1 Å². The van der Waals surface area contributed by atoms with E-state index in [9.17, 15) is 19.3 Å². The Kier molecular flexibility index (Phi) is 4.41. The van der Waals surface area contributed by atoms with Gasteiger partial charge in [-0.15, -0.1) is 0 Å². The molecule has 1 aromatic carbocycles. The molecule has 0 aliphatic rings. The third-order valence-corrected chi connectivity index (χ3v) is 4.28. The maximum atomic E-state index is 13.9. The summed E-state index contributed by atoms with van der Waals surface area (Å²) >= 11 is 0. The zero-order valence-electron chi connectivity index (χ0n) is 14.6. The maximum absolute atomic E-state index is 13.9. The smallest absolute Gasteiger partial charge is 0.307 e. The monoisotopic (exact) mass is 356 g/mol. The largest absolute Gasteiger partial charge is 0.318 e. The molecule has 2 aromatic heterocycles. The van der Waals surface area contributed by atoms with E-state index >= 15 is 0 Å². The second kappa shape index (κ2) is 6.55. The van der Waals surface area contributed by atoms with E-state index < -0.39 is 4.92 Å². The van der Waals surface area contributed by atoms with Crippen molar-refractivity contribution in [1.29, 1.82) is 0 Å². The number of hydrogen-bond acceptors (Lipinski definition) is 4. The molecule has 0 fully saturated rings. The number of Topliss-reactive ketones (excluding diaryl/α,β-unsaturated/α-hetero) is 1. The van der Waals surface area contributed by atoms with Crippen molar-refractivity contribution >= 4 is 11.5 Å². The predicted octanol–water partition coefficient (Wildman–Crippen LogP) is 3.53. The van der Waals surface area contributed by atoms with Gasteiger partial charge in [-0.1, -0.05) is 6.07 Å². The van der Waals surface area contributed by atoms with Gasteiger partial charge >= 0.3 is 5.69 Å². The molecule has 0 spiro atoms. The van der Waals surface area contributed by atoms with Gasteiger partial charge in [-0.2, -0.15) is 5.10 Å². The van der Waals surface area contributed by atoms with Crippen LogP contribution in [0, 0.1) is 36.7 Å². The molecule has 26 heavy (non-hydrogen) atoms. The first-order chi connectivity index (χ1) is 12.3. The molecule has 0 aliphatic carbocycles. The minimum atomic E-state index is -0.564. The Morgan fingerprint density at radius 1 is 1.27 bits per heavy atom. The number of hydrogen-bond donors (Lipinski definition) is 0. The minimum Gasteiger partial charge on any atom is -0.318 e. The lowest BCUT2D eigenvalue weighted by molar-refractivity contribution is -0.385. The van der Waals surface area contributed by atoms with E-state index in [-0.39, 0.29) is 23.8 Å². The summed E-state index contributed by atoms with van der Waals surface area (Å²) in [5, 5.41) is 14.6. The van der Waals surface area contributed by atoms with E-state index in [1.165, 1.54) is 16.9 Å². The maximum Gasteiger partial charge on any atom is 0.307 e. The summed E-state index contributed by atoms with van der Waals surface area (Å²) in [6.07, 6.45) is 2.32. The number of nitro groups is 1. The van der Waals surface area contributed by atoms with Gasteiger partial charge in [0.05, 0.1) is 4.92 Å². The lowest BCUT2D eigenvalue weighted by Crippen LogP contribution is -2.12. The molecule has 0 bridgehead atoms. The van der Waals surface area contributed by atoms with Crippen molar-refractivity contribution in [3.63, 3.8) is 0 Å². The van der Waals surface area contributed by atoms with Crippen LogP contribution in [0.2, 0.25) is 0 Å². The van der Waals surface area contributed by atoms with Crippen molar-refractivity contribution in [1.82, 2.24) is 14.3 Å². The van der Waals surface area contributed by atoms with Crippen LogP contribution in [-0.4, -0.2) is 25.1 Å². The van der Waals surface area contributed by atoms with Gasteiger partial charge in [0, 0.05) is 22.6 Å². The van der Waals surface area contributed by atoms with Gasteiger partial charge in [-0.3, -0.25) is 19.6 Å². The van der Waals surface area contributed by atoms with Crippen molar-refractivity contribution in [3.8, 4) is 5.69 Å². The van der Waals surface area contributed by atoms with Crippen LogP contribution >= 0.6 is 0 Å². The molecular weight excluding hydrogens is 339 g/mol. The molecule has 0 radical (unpaired) electrons. The first-order valence-corrected chi connectivity index (χ1v) is 7.93.